The third-order valence-corrected chi connectivity index (χ3v) is 5.53. The topological polar surface area (TPSA) is 142 Å². The maximum absolute atomic E-state index is 11.7. The summed E-state index contributed by atoms with van der Waals surface area (Å²) >= 11 is 0. The zero-order valence-corrected chi connectivity index (χ0v) is 28.0. The Morgan fingerprint density at radius 3 is 1.00 bits per heavy atom. The van der Waals surface area contributed by atoms with Gasteiger partial charge < -0.3 is 37.9 Å². The number of carbonyl (C=O) groups is 4. The standard InChI is InChI=1S/C38H36O12/c1-25(2)35(39)47-19-15-43-31-13-11-29(33(23-31)45-17-21-49-37(41)27(5)6)9-10-30-12-14-32(44-16-20-48-36(40)26(3)4)24-34(30)46-18-22-50-38(42)28(7)8/h9-24H,1,3,5,7H2,2,4,6,8H3/b10-9+,19-15+,20-16+,21-17+,22-18+. The van der Waals surface area contributed by atoms with Gasteiger partial charge >= 0.3 is 23.9 Å². The van der Waals surface area contributed by atoms with Crippen LogP contribution in [-0.2, 0) is 38.1 Å². The van der Waals surface area contributed by atoms with Crippen LogP contribution in [0, 0.1) is 0 Å². The molecule has 0 atom stereocenters. The summed E-state index contributed by atoms with van der Waals surface area (Å²) in [4.78, 5) is 46.6. The number of benzene rings is 2. The lowest BCUT2D eigenvalue weighted by Crippen LogP contribution is -2.00. The minimum atomic E-state index is -0.636. The fourth-order valence-electron chi connectivity index (χ4n) is 3.01. The van der Waals surface area contributed by atoms with E-state index in [4.69, 9.17) is 37.9 Å². The van der Waals surface area contributed by atoms with E-state index in [1.807, 2.05) is 0 Å². The maximum Gasteiger partial charge on any atom is 0.338 e. The molecule has 0 heterocycles. The van der Waals surface area contributed by atoms with E-state index < -0.39 is 23.9 Å². The number of hydrogen-bond donors (Lipinski definition) is 0. The molecular formula is C38H36O12. The third-order valence-electron chi connectivity index (χ3n) is 5.53. The average Bonchev–Trinajstić information content (AvgIpc) is 3.08. The van der Waals surface area contributed by atoms with Gasteiger partial charge in [0.05, 0.1) is 0 Å². The molecule has 0 fully saturated rings. The first kappa shape index (κ1) is 39.4. The second kappa shape index (κ2) is 20.4. The van der Waals surface area contributed by atoms with Crippen molar-refractivity contribution in [3.63, 3.8) is 0 Å². The molecule has 0 spiro atoms. The molecule has 0 aliphatic carbocycles. The van der Waals surface area contributed by atoms with E-state index in [1.165, 1.54) is 39.8 Å². The fourth-order valence-corrected chi connectivity index (χ4v) is 3.01. The van der Waals surface area contributed by atoms with E-state index in [1.54, 1.807) is 36.4 Å². The third kappa shape index (κ3) is 14.3. The lowest BCUT2D eigenvalue weighted by Gasteiger charge is -2.10. The summed E-state index contributed by atoms with van der Waals surface area (Å²) in [7, 11) is 0. The van der Waals surface area contributed by atoms with Gasteiger partial charge in [0.2, 0.25) is 0 Å². The van der Waals surface area contributed by atoms with E-state index in [-0.39, 0.29) is 33.8 Å². The van der Waals surface area contributed by atoms with Crippen molar-refractivity contribution in [2.45, 2.75) is 27.7 Å². The Labute approximate surface area is 289 Å². The molecule has 12 nitrogen and oxygen atoms in total. The first-order chi connectivity index (χ1) is 23.8. The molecule has 0 aromatic heterocycles. The summed E-state index contributed by atoms with van der Waals surface area (Å²) < 4.78 is 42.1. The van der Waals surface area contributed by atoms with Crippen LogP contribution < -0.4 is 18.9 Å². The molecule has 0 aliphatic heterocycles. The number of esters is 4. The van der Waals surface area contributed by atoms with E-state index in [0.29, 0.717) is 22.6 Å². The van der Waals surface area contributed by atoms with Crippen LogP contribution in [0.1, 0.15) is 38.8 Å². The highest BCUT2D eigenvalue weighted by Gasteiger charge is 2.08. The van der Waals surface area contributed by atoms with Crippen LogP contribution in [0.3, 0.4) is 0 Å². The molecule has 0 saturated heterocycles. The van der Waals surface area contributed by atoms with E-state index in [0.717, 1.165) is 50.1 Å². The van der Waals surface area contributed by atoms with Gasteiger partial charge in [0, 0.05) is 45.6 Å². The smallest absolute Gasteiger partial charge is 0.338 e. The normalized spacial score (nSPS) is 11.0. The van der Waals surface area contributed by atoms with Crippen LogP contribution in [0.5, 0.6) is 23.0 Å². The van der Waals surface area contributed by atoms with Crippen LogP contribution >= 0.6 is 0 Å². The van der Waals surface area contributed by atoms with Crippen LogP contribution in [-0.4, -0.2) is 23.9 Å². The van der Waals surface area contributed by atoms with Gasteiger partial charge in [-0.15, -0.1) is 0 Å². The van der Waals surface area contributed by atoms with Crippen molar-refractivity contribution in [3.8, 4) is 23.0 Å². The van der Waals surface area contributed by atoms with Gasteiger partial charge in [-0.25, -0.2) is 19.2 Å². The molecule has 2 rings (SSSR count). The largest absolute Gasteiger partial charge is 0.462 e. The highest BCUT2D eigenvalue weighted by Crippen LogP contribution is 2.31. The second-order valence-corrected chi connectivity index (χ2v) is 10.0. The van der Waals surface area contributed by atoms with Crippen LogP contribution in [0.4, 0.5) is 0 Å². The molecule has 12 heteroatoms. The number of rotatable bonds is 18. The van der Waals surface area contributed by atoms with Crippen molar-refractivity contribution < 1.29 is 57.1 Å². The molecule has 0 N–H and O–H groups in total. The van der Waals surface area contributed by atoms with Crippen LogP contribution in [0.2, 0.25) is 0 Å². The predicted molar refractivity (Wildman–Crippen MR) is 185 cm³/mol. The van der Waals surface area contributed by atoms with Crippen molar-refractivity contribution >= 4 is 36.0 Å². The molecule has 260 valence electrons. The Morgan fingerprint density at radius 1 is 0.440 bits per heavy atom. The summed E-state index contributed by atoms with van der Waals surface area (Å²) in [5.74, 6) is -1.32. The zero-order chi connectivity index (χ0) is 37.1. The summed E-state index contributed by atoms with van der Waals surface area (Å²) in [6, 6.07) is 9.68. The first-order valence-electron chi connectivity index (χ1n) is 14.5. The van der Waals surface area contributed by atoms with Gasteiger partial charge in [0.15, 0.2) is 0 Å². The summed E-state index contributed by atoms with van der Waals surface area (Å²) in [6.07, 6.45) is 12.3. The van der Waals surface area contributed by atoms with Gasteiger partial charge in [-0.3, -0.25) is 0 Å². The van der Waals surface area contributed by atoms with Gasteiger partial charge in [-0.05, 0) is 52.0 Å². The van der Waals surface area contributed by atoms with E-state index >= 15 is 0 Å². The predicted octanol–water partition coefficient (Wildman–Crippen LogP) is 7.73. The van der Waals surface area contributed by atoms with Gasteiger partial charge in [0.1, 0.15) is 73.1 Å². The van der Waals surface area contributed by atoms with Crippen molar-refractivity contribution in [3.05, 3.63) is 146 Å². The van der Waals surface area contributed by atoms with Crippen LogP contribution in [0.15, 0.2) is 135 Å². The van der Waals surface area contributed by atoms with Gasteiger partial charge in [-0.2, -0.15) is 0 Å². The molecule has 0 radical (unpaired) electrons. The quantitative estimate of drug-likeness (QED) is 0.0498. The lowest BCUT2D eigenvalue weighted by atomic mass is 10.1. The molecule has 0 saturated carbocycles. The lowest BCUT2D eigenvalue weighted by molar-refractivity contribution is -0.134. The summed E-state index contributed by atoms with van der Waals surface area (Å²) in [5.41, 5.74) is 1.94. The van der Waals surface area contributed by atoms with Gasteiger partial charge in [-0.1, -0.05) is 38.5 Å². The Bertz CT molecular complexity index is 1660. The highest BCUT2D eigenvalue weighted by molar-refractivity contribution is 5.88. The van der Waals surface area contributed by atoms with Crippen molar-refractivity contribution in [1.82, 2.24) is 0 Å². The first-order valence-corrected chi connectivity index (χ1v) is 14.5. The molecule has 0 bridgehead atoms. The molecular weight excluding hydrogens is 648 g/mol. The molecule has 50 heavy (non-hydrogen) atoms. The fraction of sp³-hybridized carbons (Fsp3) is 0.105. The number of carbonyl (C=O) groups excluding carboxylic acids is 4. The SMILES string of the molecule is C=C(C)C(=O)O/C=C/Oc1ccc(/C=C/c2ccc(O/C=C/OC(=O)C(=C)C)cc2O/C=C/OC(=O)C(=C)C)c(O/C=C/OC(=O)C(=C)C)c1. The van der Waals surface area contributed by atoms with Crippen LogP contribution in [0.25, 0.3) is 12.2 Å². The molecule has 2 aromatic rings. The highest BCUT2D eigenvalue weighted by atomic mass is 16.6. The molecule has 0 aliphatic rings. The van der Waals surface area contributed by atoms with Crippen molar-refractivity contribution in [1.29, 1.82) is 0 Å². The van der Waals surface area contributed by atoms with E-state index in [9.17, 15) is 19.2 Å². The molecule has 0 amide bonds. The van der Waals surface area contributed by atoms with E-state index in [2.05, 4.69) is 26.3 Å². The maximum atomic E-state index is 11.7. The summed E-state index contributed by atoms with van der Waals surface area (Å²) in [5, 5.41) is 0. The van der Waals surface area contributed by atoms with Crippen molar-refractivity contribution in [2.75, 3.05) is 0 Å². The van der Waals surface area contributed by atoms with Crippen molar-refractivity contribution in [2.24, 2.45) is 0 Å². The molecule has 2 aromatic carbocycles. The summed E-state index contributed by atoms with van der Waals surface area (Å²) in [6.45, 7) is 20.1. The Kier molecular flexibility index (Phi) is 16.1. The Hall–Kier alpha value is -6.82. The second-order valence-electron chi connectivity index (χ2n) is 10.0. The monoisotopic (exact) mass is 684 g/mol. The van der Waals surface area contributed by atoms with Gasteiger partial charge in [0.25, 0.3) is 0 Å². The minimum Gasteiger partial charge on any atom is -0.462 e. The molecule has 0 unspecified atom stereocenters. The Balaban J connectivity index is 2.39. The minimum absolute atomic E-state index is 0.202. The number of hydrogen-bond acceptors (Lipinski definition) is 12. The zero-order valence-electron chi connectivity index (χ0n) is 28.0. The Morgan fingerprint density at radius 2 is 0.720 bits per heavy atom. The average molecular weight is 685 g/mol. The number of ether oxygens (including phenoxy) is 8.